The largest absolute Gasteiger partial charge is 0.483 e. The van der Waals surface area contributed by atoms with Crippen molar-refractivity contribution >= 4 is 40.6 Å². The van der Waals surface area contributed by atoms with Crippen molar-refractivity contribution in [1.82, 2.24) is 4.90 Å². The summed E-state index contributed by atoms with van der Waals surface area (Å²) in [4.78, 5) is 39.1. The average Bonchev–Trinajstić information content (AvgIpc) is 3.10. The molecule has 166 valence electrons. The van der Waals surface area contributed by atoms with Crippen LogP contribution in [0.2, 0.25) is 0 Å². The number of nitrogens with one attached hydrogen (secondary N) is 1. The van der Waals surface area contributed by atoms with E-state index in [-0.39, 0.29) is 23.7 Å². The second-order valence-electron chi connectivity index (χ2n) is 7.31. The summed E-state index contributed by atoms with van der Waals surface area (Å²) in [5, 5.41) is 2.47. The lowest BCUT2D eigenvalue weighted by molar-refractivity contribution is -0.122. The van der Waals surface area contributed by atoms with Gasteiger partial charge < -0.3 is 10.1 Å². The minimum atomic E-state index is -0.322. The molecule has 1 aliphatic rings. The first-order valence-corrected chi connectivity index (χ1v) is 11.3. The summed E-state index contributed by atoms with van der Waals surface area (Å²) in [7, 11) is 0. The lowest BCUT2D eigenvalue weighted by atomic mass is 10.1. The molecule has 1 heterocycles. The highest BCUT2D eigenvalue weighted by atomic mass is 32.2. The maximum Gasteiger partial charge on any atom is 0.293 e. The molecule has 0 unspecified atom stereocenters. The van der Waals surface area contributed by atoms with Crippen molar-refractivity contribution in [3.8, 4) is 5.75 Å². The molecular formula is C26H22N2O4S. The number of carbonyl (C=O) groups is 3. The van der Waals surface area contributed by atoms with Gasteiger partial charge in [0.05, 0.1) is 4.91 Å². The Bertz CT molecular complexity index is 1180. The Kier molecular flexibility index (Phi) is 7.22. The highest BCUT2D eigenvalue weighted by Gasteiger charge is 2.34. The number of amides is 3. The minimum Gasteiger partial charge on any atom is -0.483 e. The van der Waals surface area contributed by atoms with Crippen molar-refractivity contribution in [2.75, 3.05) is 18.5 Å². The van der Waals surface area contributed by atoms with Crippen LogP contribution < -0.4 is 10.1 Å². The fourth-order valence-corrected chi connectivity index (χ4v) is 4.17. The summed E-state index contributed by atoms with van der Waals surface area (Å²) in [6.45, 7) is 0.141. The van der Waals surface area contributed by atoms with Gasteiger partial charge in [-0.3, -0.25) is 19.3 Å². The molecule has 0 radical (unpaired) electrons. The van der Waals surface area contributed by atoms with Crippen LogP contribution in [0.15, 0.2) is 89.8 Å². The van der Waals surface area contributed by atoms with Gasteiger partial charge >= 0.3 is 0 Å². The molecule has 1 fully saturated rings. The maximum atomic E-state index is 12.8. The number of imide groups is 1. The van der Waals surface area contributed by atoms with Crippen LogP contribution in [0.25, 0.3) is 6.08 Å². The Morgan fingerprint density at radius 1 is 0.909 bits per heavy atom. The molecule has 0 spiro atoms. The molecule has 0 aliphatic carbocycles. The molecule has 1 saturated heterocycles. The van der Waals surface area contributed by atoms with E-state index in [0.717, 1.165) is 17.3 Å². The molecule has 4 rings (SSSR count). The van der Waals surface area contributed by atoms with Gasteiger partial charge in [0.2, 0.25) is 0 Å². The molecular weight excluding hydrogens is 436 g/mol. The van der Waals surface area contributed by atoms with Gasteiger partial charge in [0.1, 0.15) is 5.75 Å². The van der Waals surface area contributed by atoms with Crippen LogP contribution in [0.4, 0.5) is 10.5 Å². The smallest absolute Gasteiger partial charge is 0.293 e. The van der Waals surface area contributed by atoms with E-state index < -0.39 is 0 Å². The molecule has 3 amide bonds. The zero-order chi connectivity index (χ0) is 23.0. The Hall–Kier alpha value is -3.84. The van der Waals surface area contributed by atoms with Gasteiger partial charge in [0, 0.05) is 17.8 Å². The fourth-order valence-electron chi connectivity index (χ4n) is 3.31. The normalized spacial score (nSPS) is 14.5. The van der Waals surface area contributed by atoms with E-state index >= 15 is 0 Å². The molecule has 6 nitrogen and oxygen atoms in total. The monoisotopic (exact) mass is 458 g/mol. The van der Waals surface area contributed by atoms with Crippen molar-refractivity contribution in [3.05, 3.63) is 101 Å². The summed E-state index contributed by atoms with van der Waals surface area (Å²) in [6.07, 6.45) is 2.24. The Labute approximate surface area is 196 Å². The number of benzene rings is 3. The van der Waals surface area contributed by atoms with E-state index in [0.29, 0.717) is 34.9 Å². The summed E-state index contributed by atoms with van der Waals surface area (Å²) < 4.78 is 5.70. The number of hydrogen-bond donors (Lipinski definition) is 1. The number of rotatable bonds is 8. The molecule has 0 aromatic heterocycles. The van der Waals surface area contributed by atoms with E-state index in [1.165, 1.54) is 4.90 Å². The van der Waals surface area contributed by atoms with Crippen LogP contribution in [0, 0.1) is 0 Å². The average molecular weight is 459 g/mol. The molecule has 3 aromatic rings. The number of nitrogens with zero attached hydrogens (tertiary/aromatic N) is 1. The van der Waals surface area contributed by atoms with E-state index in [1.54, 1.807) is 36.4 Å². The number of carbonyl (C=O) groups excluding carboxylic acids is 3. The van der Waals surface area contributed by atoms with E-state index in [9.17, 15) is 14.4 Å². The van der Waals surface area contributed by atoms with Gasteiger partial charge in [-0.15, -0.1) is 0 Å². The zero-order valence-electron chi connectivity index (χ0n) is 17.8. The maximum absolute atomic E-state index is 12.8. The van der Waals surface area contributed by atoms with Gasteiger partial charge in [-0.25, -0.2) is 0 Å². The Morgan fingerprint density at radius 3 is 2.33 bits per heavy atom. The highest BCUT2D eigenvalue weighted by molar-refractivity contribution is 8.18. The predicted octanol–water partition coefficient (Wildman–Crippen LogP) is 4.98. The molecule has 7 heteroatoms. The first-order chi connectivity index (χ1) is 16.1. The molecule has 33 heavy (non-hydrogen) atoms. The van der Waals surface area contributed by atoms with Crippen molar-refractivity contribution in [2.24, 2.45) is 0 Å². The standard InChI is InChI=1S/C26H22N2O4S/c29-24(27-21-12-5-2-6-13-21)18-32-22-14-8-7-11-20(22)17-23-25(30)28(26(31)33-23)16-15-19-9-3-1-4-10-19/h1-14,17H,15-16,18H2,(H,27,29)/b23-17+. The molecule has 0 atom stereocenters. The van der Waals surface area contributed by atoms with Crippen molar-refractivity contribution < 1.29 is 19.1 Å². The second-order valence-corrected chi connectivity index (χ2v) is 8.30. The molecule has 3 aromatic carbocycles. The van der Waals surface area contributed by atoms with Crippen LogP contribution >= 0.6 is 11.8 Å². The number of thioether (sulfide) groups is 1. The van der Waals surface area contributed by atoms with Crippen LogP contribution in [-0.2, 0) is 16.0 Å². The van der Waals surface area contributed by atoms with E-state index in [1.807, 2.05) is 54.6 Å². The fraction of sp³-hybridized carbons (Fsp3) is 0.115. The first-order valence-electron chi connectivity index (χ1n) is 10.5. The zero-order valence-corrected chi connectivity index (χ0v) is 18.6. The third-order valence-electron chi connectivity index (χ3n) is 4.96. The highest BCUT2D eigenvalue weighted by Crippen LogP contribution is 2.34. The van der Waals surface area contributed by atoms with Crippen LogP contribution in [-0.4, -0.2) is 35.1 Å². The van der Waals surface area contributed by atoms with Crippen molar-refractivity contribution in [2.45, 2.75) is 6.42 Å². The number of hydrogen-bond acceptors (Lipinski definition) is 5. The molecule has 1 aliphatic heterocycles. The Balaban J connectivity index is 1.41. The lowest BCUT2D eigenvalue weighted by Crippen LogP contribution is -2.30. The molecule has 1 N–H and O–H groups in total. The number of ether oxygens (including phenoxy) is 1. The van der Waals surface area contributed by atoms with Crippen LogP contribution in [0.3, 0.4) is 0 Å². The van der Waals surface area contributed by atoms with Gasteiger partial charge in [-0.1, -0.05) is 66.7 Å². The van der Waals surface area contributed by atoms with Gasteiger partial charge in [0.15, 0.2) is 6.61 Å². The number of anilines is 1. The van der Waals surface area contributed by atoms with Crippen LogP contribution in [0.5, 0.6) is 5.75 Å². The molecule has 0 saturated carbocycles. The summed E-state index contributed by atoms with van der Waals surface area (Å²) >= 11 is 0.910. The van der Waals surface area contributed by atoms with Crippen molar-refractivity contribution in [3.63, 3.8) is 0 Å². The number of para-hydroxylation sites is 2. The van der Waals surface area contributed by atoms with Gasteiger partial charge in [-0.05, 0) is 48.0 Å². The third kappa shape index (κ3) is 5.90. The topological polar surface area (TPSA) is 75.7 Å². The SMILES string of the molecule is O=C(COc1ccccc1/C=C1/SC(=O)N(CCc2ccccc2)C1=O)Nc1ccccc1. The molecule has 0 bridgehead atoms. The third-order valence-corrected chi connectivity index (χ3v) is 5.87. The summed E-state index contributed by atoms with van der Waals surface area (Å²) in [6, 6.07) is 25.9. The Morgan fingerprint density at radius 2 is 1.58 bits per heavy atom. The van der Waals surface area contributed by atoms with Gasteiger partial charge in [-0.2, -0.15) is 0 Å². The van der Waals surface area contributed by atoms with E-state index in [4.69, 9.17) is 4.74 Å². The van der Waals surface area contributed by atoms with Gasteiger partial charge in [0.25, 0.3) is 17.1 Å². The second kappa shape index (κ2) is 10.7. The van der Waals surface area contributed by atoms with E-state index in [2.05, 4.69) is 5.32 Å². The van der Waals surface area contributed by atoms with Crippen LogP contribution in [0.1, 0.15) is 11.1 Å². The lowest BCUT2D eigenvalue weighted by Gasteiger charge is -2.12. The van der Waals surface area contributed by atoms with Crippen molar-refractivity contribution in [1.29, 1.82) is 0 Å². The summed E-state index contributed by atoms with van der Waals surface area (Å²) in [5.74, 6) is -0.161. The quantitative estimate of drug-likeness (QED) is 0.482. The predicted molar refractivity (Wildman–Crippen MR) is 130 cm³/mol. The minimum absolute atomic E-state index is 0.182. The summed E-state index contributed by atoms with van der Waals surface area (Å²) in [5.41, 5.74) is 2.37. The first kappa shape index (κ1) is 22.4.